The number of hydrogen-bond acceptors (Lipinski definition) is 3. The quantitative estimate of drug-likeness (QED) is 0.565. The SMILES string of the molecule is O=C(c1ccc(F)cc1)N(Cc1ccccc1)Cc1nc2ccccc2c(=O)[nH]1. The van der Waals surface area contributed by atoms with Crippen LogP contribution >= 0.6 is 0 Å². The molecule has 4 rings (SSSR count). The number of carbonyl (C=O) groups is 1. The number of carbonyl (C=O) groups excluding carboxylic acids is 1. The van der Waals surface area contributed by atoms with Gasteiger partial charge in [0.1, 0.15) is 11.6 Å². The molecule has 0 bridgehead atoms. The van der Waals surface area contributed by atoms with Crippen molar-refractivity contribution in [2.24, 2.45) is 0 Å². The molecule has 0 spiro atoms. The summed E-state index contributed by atoms with van der Waals surface area (Å²) < 4.78 is 13.3. The van der Waals surface area contributed by atoms with Gasteiger partial charge in [0.25, 0.3) is 11.5 Å². The number of nitrogens with zero attached hydrogens (tertiary/aromatic N) is 2. The summed E-state index contributed by atoms with van der Waals surface area (Å²) >= 11 is 0. The standard InChI is InChI=1S/C23H18FN3O2/c24-18-12-10-17(11-13-18)23(29)27(14-16-6-2-1-3-7-16)15-21-25-20-9-5-4-8-19(20)22(28)26-21/h1-13H,14-15H2,(H,25,26,28). The minimum Gasteiger partial charge on any atom is -0.327 e. The van der Waals surface area contributed by atoms with E-state index in [0.29, 0.717) is 28.8 Å². The molecule has 1 aromatic heterocycles. The van der Waals surface area contributed by atoms with Crippen molar-refractivity contribution in [2.45, 2.75) is 13.1 Å². The average Bonchev–Trinajstić information content (AvgIpc) is 2.74. The molecule has 6 heteroatoms. The lowest BCUT2D eigenvalue weighted by Gasteiger charge is -2.22. The lowest BCUT2D eigenvalue weighted by Crippen LogP contribution is -2.31. The second-order valence-corrected chi connectivity index (χ2v) is 6.68. The summed E-state index contributed by atoms with van der Waals surface area (Å²) in [6.07, 6.45) is 0. The topological polar surface area (TPSA) is 66.1 Å². The maximum atomic E-state index is 13.3. The van der Waals surface area contributed by atoms with Crippen LogP contribution in [0.2, 0.25) is 0 Å². The first-order valence-electron chi connectivity index (χ1n) is 9.17. The largest absolute Gasteiger partial charge is 0.327 e. The number of aromatic nitrogens is 2. The van der Waals surface area contributed by atoms with Crippen molar-refractivity contribution in [3.63, 3.8) is 0 Å². The van der Waals surface area contributed by atoms with Crippen LogP contribution in [0.3, 0.4) is 0 Å². The van der Waals surface area contributed by atoms with E-state index in [0.717, 1.165) is 5.56 Å². The van der Waals surface area contributed by atoms with E-state index in [1.165, 1.54) is 24.3 Å². The van der Waals surface area contributed by atoms with Gasteiger partial charge in [-0.2, -0.15) is 0 Å². The number of H-pyrrole nitrogens is 1. The maximum Gasteiger partial charge on any atom is 0.258 e. The highest BCUT2D eigenvalue weighted by atomic mass is 19.1. The number of amides is 1. The molecular weight excluding hydrogens is 369 g/mol. The van der Waals surface area contributed by atoms with E-state index in [2.05, 4.69) is 9.97 Å². The van der Waals surface area contributed by atoms with Crippen molar-refractivity contribution in [1.29, 1.82) is 0 Å². The Balaban J connectivity index is 1.69. The first-order chi connectivity index (χ1) is 14.1. The fourth-order valence-corrected chi connectivity index (χ4v) is 3.17. The molecular formula is C23H18FN3O2. The van der Waals surface area contributed by atoms with E-state index >= 15 is 0 Å². The molecule has 5 nitrogen and oxygen atoms in total. The van der Waals surface area contributed by atoms with Gasteiger partial charge in [-0.25, -0.2) is 9.37 Å². The Morgan fingerprint density at radius 1 is 0.897 bits per heavy atom. The van der Waals surface area contributed by atoms with Crippen LogP contribution < -0.4 is 5.56 Å². The van der Waals surface area contributed by atoms with E-state index in [4.69, 9.17) is 0 Å². The molecule has 1 N–H and O–H groups in total. The van der Waals surface area contributed by atoms with E-state index < -0.39 is 5.82 Å². The van der Waals surface area contributed by atoms with Crippen LogP contribution in [0.4, 0.5) is 4.39 Å². The van der Waals surface area contributed by atoms with Crippen LogP contribution in [0.15, 0.2) is 83.7 Å². The van der Waals surface area contributed by atoms with Crippen molar-refractivity contribution in [1.82, 2.24) is 14.9 Å². The number of para-hydroxylation sites is 1. The lowest BCUT2D eigenvalue weighted by atomic mass is 10.1. The van der Waals surface area contributed by atoms with Crippen molar-refractivity contribution in [3.05, 3.63) is 112 Å². The number of halogens is 1. The van der Waals surface area contributed by atoms with Gasteiger partial charge < -0.3 is 9.88 Å². The van der Waals surface area contributed by atoms with Crippen molar-refractivity contribution < 1.29 is 9.18 Å². The summed E-state index contributed by atoms with van der Waals surface area (Å²) in [7, 11) is 0. The summed E-state index contributed by atoms with van der Waals surface area (Å²) in [5, 5.41) is 0.496. The first kappa shape index (κ1) is 18.6. The van der Waals surface area contributed by atoms with Crippen molar-refractivity contribution in [3.8, 4) is 0 Å². The molecule has 0 fully saturated rings. The molecule has 1 heterocycles. The van der Waals surface area contributed by atoms with Gasteiger partial charge in [0.2, 0.25) is 0 Å². The van der Waals surface area contributed by atoms with E-state index in [9.17, 15) is 14.0 Å². The van der Waals surface area contributed by atoms with E-state index in [1.807, 2.05) is 36.4 Å². The summed E-state index contributed by atoms with van der Waals surface area (Å²) in [5.74, 6) is -0.290. The molecule has 3 aromatic carbocycles. The summed E-state index contributed by atoms with van der Waals surface area (Å²) in [4.78, 5) is 34.3. The van der Waals surface area contributed by atoms with Gasteiger partial charge in [0, 0.05) is 12.1 Å². The number of rotatable bonds is 5. The van der Waals surface area contributed by atoms with E-state index in [-0.39, 0.29) is 18.0 Å². The Morgan fingerprint density at radius 3 is 2.34 bits per heavy atom. The number of benzene rings is 3. The molecule has 0 atom stereocenters. The molecule has 29 heavy (non-hydrogen) atoms. The molecule has 4 aromatic rings. The zero-order valence-electron chi connectivity index (χ0n) is 15.5. The Kier molecular flexibility index (Phi) is 5.16. The first-order valence-corrected chi connectivity index (χ1v) is 9.17. The molecule has 0 unspecified atom stereocenters. The van der Waals surface area contributed by atoms with Crippen LogP contribution in [-0.4, -0.2) is 20.8 Å². The monoisotopic (exact) mass is 387 g/mol. The van der Waals surface area contributed by atoms with Gasteiger partial charge in [-0.15, -0.1) is 0 Å². The van der Waals surface area contributed by atoms with Gasteiger partial charge in [-0.3, -0.25) is 9.59 Å². The fourth-order valence-electron chi connectivity index (χ4n) is 3.17. The maximum absolute atomic E-state index is 13.3. The smallest absolute Gasteiger partial charge is 0.258 e. The second-order valence-electron chi connectivity index (χ2n) is 6.68. The molecule has 0 radical (unpaired) electrons. The summed E-state index contributed by atoms with van der Waals surface area (Å²) in [6, 6.07) is 22.0. The highest BCUT2D eigenvalue weighted by molar-refractivity contribution is 5.94. The molecule has 0 aliphatic carbocycles. The van der Waals surface area contributed by atoms with Crippen LogP contribution in [-0.2, 0) is 13.1 Å². The Hall–Kier alpha value is -3.80. The normalized spacial score (nSPS) is 10.8. The molecule has 0 aliphatic rings. The fraction of sp³-hybridized carbons (Fsp3) is 0.0870. The number of aromatic amines is 1. The van der Waals surface area contributed by atoms with Gasteiger partial charge in [-0.1, -0.05) is 42.5 Å². The van der Waals surface area contributed by atoms with Gasteiger partial charge in [-0.05, 0) is 42.0 Å². The Labute approximate surface area is 166 Å². The summed E-state index contributed by atoms with van der Waals surface area (Å²) in [6.45, 7) is 0.443. The lowest BCUT2D eigenvalue weighted by molar-refractivity contribution is 0.0725. The third kappa shape index (κ3) is 4.21. The minimum atomic E-state index is -0.406. The van der Waals surface area contributed by atoms with Crippen LogP contribution in [0.1, 0.15) is 21.7 Å². The van der Waals surface area contributed by atoms with Crippen molar-refractivity contribution in [2.75, 3.05) is 0 Å². The van der Waals surface area contributed by atoms with Gasteiger partial charge in [0.15, 0.2) is 0 Å². The zero-order valence-corrected chi connectivity index (χ0v) is 15.5. The highest BCUT2D eigenvalue weighted by Crippen LogP contribution is 2.14. The number of nitrogens with one attached hydrogen (secondary N) is 1. The minimum absolute atomic E-state index is 0.116. The molecule has 144 valence electrons. The summed E-state index contributed by atoms with van der Waals surface area (Å²) in [5.41, 5.74) is 1.62. The van der Waals surface area contributed by atoms with Gasteiger partial charge in [0.05, 0.1) is 17.4 Å². The van der Waals surface area contributed by atoms with Crippen LogP contribution in [0.5, 0.6) is 0 Å². The van der Waals surface area contributed by atoms with Crippen LogP contribution in [0.25, 0.3) is 10.9 Å². The Morgan fingerprint density at radius 2 is 1.59 bits per heavy atom. The molecule has 0 saturated carbocycles. The molecule has 0 saturated heterocycles. The third-order valence-corrected chi connectivity index (χ3v) is 4.60. The number of hydrogen-bond donors (Lipinski definition) is 1. The van der Waals surface area contributed by atoms with Crippen molar-refractivity contribution >= 4 is 16.8 Å². The average molecular weight is 387 g/mol. The van der Waals surface area contributed by atoms with Gasteiger partial charge >= 0.3 is 0 Å². The van der Waals surface area contributed by atoms with Crippen LogP contribution in [0, 0.1) is 5.82 Å². The molecule has 1 amide bonds. The van der Waals surface area contributed by atoms with E-state index in [1.54, 1.807) is 23.1 Å². The third-order valence-electron chi connectivity index (χ3n) is 4.60. The predicted molar refractivity (Wildman–Crippen MR) is 109 cm³/mol. The highest BCUT2D eigenvalue weighted by Gasteiger charge is 2.18. The zero-order chi connectivity index (χ0) is 20.2. The predicted octanol–water partition coefficient (Wildman–Crippen LogP) is 3.90. The molecule has 0 aliphatic heterocycles. The second kappa shape index (κ2) is 8.06. The number of fused-ring (bicyclic) bond motifs is 1. The Bertz CT molecular complexity index is 1200.